The van der Waals surface area contributed by atoms with Crippen molar-refractivity contribution in [3.05, 3.63) is 35.4 Å². The van der Waals surface area contributed by atoms with E-state index in [2.05, 4.69) is 36.7 Å². The third-order valence-corrected chi connectivity index (χ3v) is 5.91. The van der Waals surface area contributed by atoms with E-state index in [1.807, 2.05) is 29.2 Å². The second-order valence-corrected chi connectivity index (χ2v) is 8.05. The van der Waals surface area contributed by atoms with E-state index in [9.17, 15) is 9.59 Å². The number of guanidine groups is 1. The van der Waals surface area contributed by atoms with Crippen LogP contribution in [0.3, 0.4) is 0 Å². The molecule has 1 fully saturated rings. The molecule has 0 saturated carbocycles. The smallest absolute Gasteiger partial charge is 0.251 e. The normalized spacial score (nSPS) is 15.1. The van der Waals surface area contributed by atoms with Gasteiger partial charge < -0.3 is 20.9 Å². The van der Waals surface area contributed by atoms with E-state index < -0.39 is 0 Å². The third-order valence-electron chi connectivity index (χ3n) is 5.91. The molecule has 31 heavy (non-hydrogen) atoms. The molecule has 0 unspecified atom stereocenters. The lowest BCUT2D eigenvalue weighted by Gasteiger charge is -2.34. The number of carbonyl (C=O) groups is 2. The van der Waals surface area contributed by atoms with Gasteiger partial charge in [-0.25, -0.2) is 0 Å². The molecule has 7 heteroatoms. The molecule has 0 atom stereocenters. The minimum atomic E-state index is -0.0747. The van der Waals surface area contributed by atoms with Gasteiger partial charge in [0, 0.05) is 50.7 Å². The van der Waals surface area contributed by atoms with Crippen molar-refractivity contribution in [2.24, 2.45) is 10.9 Å². The SMILES string of the molecule is CCNC(=NCCc1cccc(C(=O)NC)c1)NC1CCN(C(=O)C(CC)CC)CC1. The third kappa shape index (κ3) is 7.56. The molecule has 1 aliphatic rings. The van der Waals surface area contributed by atoms with Crippen molar-refractivity contribution < 1.29 is 9.59 Å². The highest BCUT2D eigenvalue weighted by molar-refractivity contribution is 5.94. The molecule has 3 N–H and O–H groups in total. The standard InChI is InChI=1S/C24H39N5O2/c1-5-19(6-2)23(31)29-15-12-21(13-16-29)28-24(26-7-3)27-14-11-18-9-8-10-20(17-18)22(30)25-4/h8-10,17,19,21H,5-7,11-16H2,1-4H3,(H,25,30)(H2,26,27,28). The number of piperidine rings is 1. The van der Waals surface area contributed by atoms with Gasteiger partial charge in [0.1, 0.15) is 0 Å². The van der Waals surface area contributed by atoms with Crippen molar-refractivity contribution in [3.8, 4) is 0 Å². The number of amides is 2. The zero-order chi connectivity index (χ0) is 22.6. The minimum Gasteiger partial charge on any atom is -0.357 e. The van der Waals surface area contributed by atoms with E-state index in [4.69, 9.17) is 4.99 Å². The number of hydrogen-bond acceptors (Lipinski definition) is 3. The topological polar surface area (TPSA) is 85.8 Å². The molecule has 172 valence electrons. The molecule has 0 spiro atoms. The van der Waals surface area contributed by atoms with Gasteiger partial charge in [0.05, 0.1) is 0 Å². The molecule has 2 amide bonds. The van der Waals surface area contributed by atoms with Crippen LogP contribution >= 0.6 is 0 Å². The summed E-state index contributed by atoms with van der Waals surface area (Å²) in [4.78, 5) is 31.2. The van der Waals surface area contributed by atoms with Crippen LogP contribution in [0.15, 0.2) is 29.3 Å². The predicted molar refractivity (Wildman–Crippen MR) is 126 cm³/mol. The van der Waals surface area contributed by atoms with Gasteiger partial charge in [-0.3, -0.25) is 14.6 Å². The number of rotatable bonds is 9. The number of likely N-dealkylation sites (tertiary alicyclic amines) is 1. The summed E-state index contributed by atoms with van der Waals surface area (Å²) in [6, 6.07) is 7.98. The summed E-state index contributed by atoms with van der Waals surface area (Å²) >= 11 is 0. The molecule has 0 aliphatic carbocycles. The Morgan fingerprint density at radius 3 is 2.48 bits per heavy atom. The number of aliphatic imine (C=N–C) groups is 1. The Labute approximate surface area is 187 Å². The van der Waals surface area contributed by atoms with Crippen LogP contribution in [0.5, 0.6) is 0 Å². The number of benzene rings is 1. The second kappa shape index (κ2) is 13.0. The van der Waals surface area contributed by atoms with Crippen LogP contribution in [0.25, 0.3) is 0 Å². The largest absolute Gasteiger partial charge is 0.357 e. The molecule has 0 bridgehead atoms. The fraction of sp³-hybridized carbons (Fsp3) is 0.625. The predicted octanol–water partition coefficient (Wildman–Crippen LogP) is 2.57. The van der Waals surface area contributed by atoms with Gasteiger partial charge in [-0.2, -0.15) is 0 Å². The molecule has 0 aromatic heterocycles. The van der Waals surface area contributed by atoms with E-state index in [-0.39, 0.29) is 11.8 Å². The number of nitrogens with zero attached hydrogens (tertiary/aromatic N) is 2. The van der Waals surface area contributed by atoms with Gasteiger partial charge in [-0.1, -0.05) is 26.0 Å². The highest BCUT2D eigenvalue weighted by Crippen LogP contribution is 2.17. The first-order chi connectivity index (χ1) is 15.0. The summed E-state index contributed by atoms with van der Waals surface area (Å²) in [5, 5.41) is 9.51. The van der Waals surface area contributed by atoms with Crippen LogP contribution in [0, 0.1) is 5.92 Å². The molecule has 2 rings (SSSR count). The quantitative estimate of drug-likeness (QED) is 0.416. The van der Waals surface area contributed by atoms with Crippen LogP contribution in [-0.2, 0) is 11.2 Å². The van der Waals surface area contributed by atoms with E-state index in [1.165, 1.54) is 0 Å². The summed E-state index contributed by atoms with van der Waals surface area (Å²) in [6.07, 6.45) is 4.46. The maximum Gasteiger partial charge on any atom is 0.251 e. The summed E-state index contributed by atoms with van der Waals surface area (Å²) in [5.74, 6) is 1.21. The van der Waals surface area contributed by atoms with Crippen LogP contribution < -0.4 is 16.0 Å². The number of carbonyl (C=O) groups excluding carboxylic acids is 2. The van der Waals surface area contributed by atoms with Crippen molar-refractivity contribution >= 4 is 17.8 Å². The highest BCUT2D eigenvalue weighted by atomic mass is 16.2. The fourth-order valence-corrected chi connectivity index (χ4v) is 3.96. The summed E-state index contributed by atoms with van der Waals surface area (Å²) in [6.45, 7) is 9.28. The van der Waals surface area contributed by atoms with E-state index in [1.54, 1.807) is 7.05 Å². The maximum atomic E-state index is 12.6. The first-order valence-electron chi connectivity index (χ1n) is 11.7. The van der Waals surface area contributed by atoms with Crippen molar-refractivity contribution in [2.45, 2.75) is 58.9 Å². The fourth-order valence-electron chi connectivity index (χ4n) is 3.96. The second-order valence-electron chi connectivity index (χ2n) is 8.05. The average molecular weight is 430 g/mol. The molecular weight excluding hydrogens is 390 g/mol. The molecule has 1 heterocycles. The van der Waals surface area contributed by atoms with Crippen molar-refractivity contribution in [1.82, 2.24) is 20.9 Å². The summed E-state index contributed by atoms with van der Waals surface area (Å²) in [5.41, 5.74) is 1.76. The Hall–Kier alpha value is -2.57. The molecule has 1 aliphatic heterocycles. The van der Waals surface area contributed by atoms with Gasteiger partial charge in [0.15, 0.2) is 5.96 Å². The Bertz CT molecular complexity index is 737. The molecule has 1 saturated heterocycles. The van der Waals surface area contributed by atoms with E-state index in [0.29, 0.717) is 24.1 Å². The average Bonchev–Trinajstić information content (AvgIpc) is 2.80. The summed E-state index contributed by atoms with van der Waals surface area (Å²) < 4.78 is 0. The highest BCUT2D eigenvalue weighted by Gasteiger charge is 2.26. The monoisotopic (exact) mass is 429 g/mol. The van der Waals surface area contributed by atoms with Gasteiger partial charge in [0.2, 0.25) is 5.91 Å². The Kier molecular flexibility index (Phi) is 10.3. The van der Waals surface area contributed by atoms with Crippen LogP contribution in [0.1, 0.15) is 62.4 Å². The molecular formula is C24H39N5O2. The zero-order valence-corrected chi connectivity index (χ0v) is 19.5. The van der Waals surface area contributed by atoms with Crippen LogP contribution in [0.4, 0.5) is 0 Å². The van der Waals surface area contributed by atoms with Crippen molar-refractivity contribution in [3.63, 3.8) is 0 Å². The first kappa shape index (κ1) is 24.7. The van der Waals surface area contributed by atoms with Crippen molar-refractivity contribution in [1.29, 1.82) is 0 Å². The molecule has 7 nitrogen and oxygen atoms in total. The van der Waals surface area contributed by atoms with E-state index in [0.717, 1.165) is 63.3 Å². The van der Waals surface area contributed by atoms with Crippen molar-refractivity contribution in [2.75, 3.05) is 33.2 Å². The lowest BCUT2D eigenvalue weighted by atomic mass is 9.98. The molecule has 0 radical (unpaired) electrons. The van der Waals surface area contributed by atoms with Crippen LogP contribution in [0.2, 0.25) is 0 Å². The maximum absolute atomic E-state index is 12.6. The summed E-state index contributed by atoms with van der Waals surface area (Å²) in [7, 11) is 1.64. The van der Waals surface area contributed by atoms with Gasteiger partial charge in [-0.15, -0.1) is 0 Å². The minimum absolute atomic E-state index is 0.0747. The molecule has 1 aromatic carbocycles. The van der Waals surface area contributed by atoms with Gasteiger partial charge in [0.25, 0.3) is 5.91 Å². The van der Waals surface area contributed by atoms with Gasteiger partial charge >= 0.3 is 0 Å². The number of hydrogen-bond donors (Lipinski definition) is 3. The first-order valence-corrected chi connectivity index (χ1v) is 11.7. The van der Waals surface area contributed by atoms with Gasteiger partial charge in [-0.05, 0) is 56.7 Å². The lowest BCUT2D eigenvalue weighted by molar-refractivity contribution is -0.136. The Balaban J connectivity index is 1.87. The number of nitrogens with one attached hydrogen (secondary N) is 3. The van der Waals surface area contributed by atoms with Crippen LogP contribution in [-0.4, -0.2) is 61.9 Å². The zero-order valence-electron chi connectivity index (χ0n) is 19.5. The Morgan fingerprint density at radius 1 is 1.16 bits per heavy atom. The lowest BCUT2D eigenvalue weighted by Crippen LogP contribution is -2.50. The molecule has 1 aromatic rings. The Morgan fingerprint density at radius 2 is 1.87 bits per heavy atom. The van der Waals surface area contributed by atoms with E-state index >= 15 is 0 Å².